The summed E-state index contributed by atoms with van der Waals surface area (Å²) in [6.07, 6.45) is 4.98. The van der Waals surface area contributed by atoms with Gasteiger partial charge in [-0.25, -0.2) is 9.67 Å². The third-order valence-corrected chi connectivity index (χ3v) is 4.53. The highest BCUT2D eigenvalue weighted by atomic mass is 16.1. The fourth-order valence-corrected chi connectivity index (χ4v) is 3.07. The molecule has 0 saturated carbocycles. The molecule has 0 atom stereocenters. The summed E-state index contributed by atoms with van der Waals surface area (Å²) in [6, 6.07) is 20.0. The highest BCUT2D eigenvalue weighted by Crippen LogP contribution is 2.25. The first-order valence-electron chi connectivity index (χ1n) is 9.14. The van der Waals surface area contributed by atoms with Crippen molar-refractivity contribution < 1.29 is 4.79 Å². The number of aromatic nitrogens is 4. The molecule has 0 aliphatic rings. The molecule has 0 spiro atoms. The molecule has 7 nitrogen and oxygen atoms in total. The highest BCUT2D eigenvalue weighted by Gasteiger charge is 2.16. The summed E-state index contributed by atoms with van der Waals surface area (Å²) in [4.78, 5) is 21.7. The summed E-state index contributed by atoms with van der Waals surface area (Å²) in [5, 5.41) is 4.82. The molecule has 4 aromatic rings. The van der Waals surface area contributed by atoms with E-state index in [-0.39, 0.29) is 5.69 Å². The van der Waals surface area contributed by atoms with Gasteiger partial charge in [0.25, 0.3) is 5.91 Å². The zero-order chi connectivity index (χ0) is 20.2. The lowest BCUT2D eigenvalue weighted by Gasteiger charge is -2.18. The largest absolute Gasteiger partial charge is 0.364 e. The maximum Gasteiger partial charge on any atom is 0.268 e. The summed E-state index contributed by atoms with van der Waals surface area (Å²) in [5.74, 6) is -0.0394. The quantitative estimate of drug-likeness (QED) is 0.552. The van der Waals surface area contributed by atoms with Crippen molar-refractivity contribution in [2.45, 2.75) is 6.54 Å². The van der Waals surface area contributed by atoms with Gasteiger partial charge in [-0.15, -0.1) is 0 Å². The Balaban J connectivity index is 1.71. The minimum Gasteiger partial charge on any atom is -0.364 e. The molecule has 7 heteroatoms. The van der Waals surface area contributed by atoms with Crippen molar-refractivity contribution in [2.75, 3.05) is 11.9 Å². The monoisotopic (exact) mass is 384 g/mol. The molecule has 0 aliphatic heterocycles. The van der Waals surface area contributed by atoms with Crippen LogP contribution in [0.5, 0.6) is 0 Å². The van der Waals surface area contributed by atoms with E-state index in [0.717, 1.165) is 22.5 Å². The third kappa shape index (κ3) is 3.98. The van der Waals surface area contributed by atoms with Gasteiger partial charge in [0.05, 0.1) is 23.8 Å². The average molecular weight is 384 g/mol. The van der Waals surface area contributed by atoms with E-state index in [1.54, 1.807) is 6.20 Å². The van der Waals surface area contributed by atoms with E-state index in [0.29, 0.717) is 12.4 Å². The van der Waals surface area contributed by atoms with Gasteiger partial charge in [0.1, 0.15) is 11.5 Å². The van der Waals surface area contributed by atoms with E-state index in [9.17, 15) is 4.79 Å². The maximum atomic E-state index is 11.4. The Hall–Kier alpha value is -4.00. The van der Waals surface area contributed by atoms with Gasteiger partial charge in [0, 0.05) is 30.9 Å². The number of anilines is 1. The number of carbonyl (C=O) groups is 1. The van der Waals surface area contributed by atoms with Crippen LogP contribution in [-0.4, -0.2) is 32.7 Å². The Morgan fingerprint density at radius 1 is 1.03 bits per heavy atom. The lowest BCUT2D eigenvalue weighted by molar-refractivity contribution is 0.0995. The molecule has 2 N–H and O–H groups in total. The minimum absolute atomic E-state index is 0.137. The van der Waals surface area contributed by atoms with Crippen LogP contribution in [0.3, 0.4) is 0 Å². The Labute approximate surface area is 168 Å². The van der Waals surface area contributed by atoms with Crippen molar-refractivity contribution >= 4 is 11.7 Å². The second kappa shape index (κ2) is 7.93. The van der Waals surface area contributed by atoms with E-state index >= 15 is 0 Å². The zero-order valence-electron chi connectivity index (χ0n) is 15.9. The van der Waals surface area contributed by atoms with E-state index in [4.69, 9.17) is 10.8 Å². The number of para-hydroxylation sites is 1. The molecule has 4 rings (SSSR count). The van der Waals surface area contributed by atoms with Gasteiger partial charge >= 0.3 is 0 Å². The number of carbonyl (C=O) groups excluding carboxylic acids is 1. The molecule has 0 bridgehead atoms. The van der Waals surface area contributed by atoms with Gasteiger partial charge in [-0.05, 0) is 12.1 Å². The van der Waals surface area contributed by atoms with Crippen molar-refractivity contribution in [1.29, 1.82) is 0 Å². The standard InChI is InChI=1S/C22H20N6O/c1-27(20-13-24-12-19(25-20)22(23)29)14-17-15-28(18-10-6-3-7-11-18)26-21(17)16-8-4-2-5-9-16/h2-13,15H,14H2,1H3,(H2,23,29). The fourth-order valence-electron chi connectivity index (χ4n) is 3.07. The summed E-state index contributed by atoms with van der Waals surface area (Å²) >= 11 is 0. The fraction of sp³-hybridized carbons (Fsp3) is 0.0909. The van der Waals surface area contributed by atoms with E-state index in [1.807, 2.05) is 83.5 Å². The van der Waals surface area contributed by atoms with Gasteiger partial charge < -0.3 is 10.6 Å². The van der Waals surface area contributed by atoms with Crippen molar-refractivity contribution in [1.82, 2.24) is 19.7 Å². The molecule has 1 amide bonds. The summed E-state index contributed by atoms with van der Waals surface area (Å²) in [5.41, 5.74) is 9.39. The highest BCUT2D eigenvalue weighted by molar-refractivity contribution is 5.90. The average Bonchev–Trinajstić information content (AvgIpc) is 3.19. The first-order chi connectivity index (χ1) is 14.1. The zero-order valence-corrected chi connectivity index (χ0v) is 15.9. The van der Waals surface area contributed by atoms with Gasteiger partial charge in [-0.2, -0.15) is 5.10 Å². The third-order valence-electron chi connectivity index (χ3n) is 4.53. The van der Waals surface area contributed by atoms with Crippen LogP contribution in [0.2, 0.25) is 0 Å². The van der Waals surface area contributed by atoms with Gasteiger partial charge in [0.15, 0.2) is 0 Å². The molecule has 2 heterocycles. The summed E-state index contributed by atoms with van der Waals surface area (Å²) < 4.78 is 1.87. The Bertz CT molecular complexity index is 1120. The number of benzene rings is 2. The first kappa shape index (κ1) is 18.4. The van der Waals surface area contributed by atoms with E-state index < -0.39 is 5.91 Å². The van der Waals surface area contributed by atoms with Crippen LogP contribution in [0, 0.1) is 0 Å². The van der Waals surface area contributed by atoms with E-state index in [2.05, 4.69) is 9.97 Å². The molecule has 0 unspecified atom stereocenters. The molecule has 144 valence electrons. The molecular formula is C22H20N6O. The maximum absolute atomic E-state index is 11.4. The van der Waals surface area contributed by atoms with Crippen LogP contribution in [0.1, 0.15) is 16.1 Å². The Kier molecular flexibility index (Phi) is 5.03. The van der Waals surface area contributed by atoms with Gasteiger partial charge in [-0.1, -0.05) is 48.5 Å². The van der Waals surface area contributed by atoms with Gasteiger partial charge in [0.2, 0.25) is 0 Å². The number of primary amides is 1. The summed E-state index contributed by atoms with van der Waals surface area (Å²) in [6.45, 7) is 0.536. The molecule has 0 radical (unpaired) electrons. The number of rotatable bonds is 6. The Morgan fingerprint density at radius 3 is 2.41 bits per heavy atom. The number of hydrogen-bond donors (Lipinski definition) is 1. The first-order valence-corrected chi connectivity index (χ1v) is 9.14. The SMILES string of the molecule is CN(Cc1cn(-c2ccccc2)nc1-c1ccccc1)c1cncc(C(N)=O)n1. The number of nitrogens with zero attached hydrogens (tertiary/aromatic N) is 5. The molecule has 2 aromatic carbocycles. The van der Waals surface area contributed by atoms with Crippen LogP contribution >= 0.6 is 0 Å². The second-order valence-electron chi connectivity index (χ2n) is 6.63. The topological polar surface area (TPSA) is 89.9 Å². The smallest absolute Gasteiger partial charge is 0.268 e. The molecule has 0 aliphatic carbocycles. The van der Waals surface area contributed by atoms with Crippen molar-refractivity contribution in [3.63, 3.8) is 0 Å². The van der Waals surface area contributed by atoms with Crippen LogP contribution < -0.4 is 10.6 Å². The van der Waals surface area contributed by atoms with Crippen molar-refractivity contribution in [3.05, 3.63) is 90.5 Å². The van der Waals surface area contributed by atoms with Crippen LogP contribution in [0.4, 0.5) is 5.82 Å². The van der Waals surface area contributed by atoms with Crippen molar-refractivity contribution in [3.8, 4) is 16.9 Å². The summed E-state index contributed by atoms with van der Waals surface area (Å²) in [7, 11) is 1.89. The van der Waals surface area contributed by atoms with Crippen LogP contribution in [-0.2, 0) is 6.54 Å². The normalized spacial score (nSPS) is 10.7. The second-order valence-corrected chi connectivity index (χ2v) is 6.63. The number of amides is 1. The molecule has 0 saturated heterocycles. The molecule has 2 aromatic heterocycles. The van der Waals surface area contributed by atoms with Crippen molar-refractivity contribution in [2.24, 2.45) is 5.73 Å². The number of nitrogens with two attached hydrogens (primary N) is 1. The predicted octanol–water partition coefficient (Wildman–Crippen LogP) is 3.06. The van der Waals surface area contributed by atoms with Crippen LogP contribution in [0.15, 0.2) is 79.3 Å². The van der Waals surface area contributed by atoms with Crippen LogP contribution in [0.25, 0.3) is 16.9 Å². The Morgan fingerprint density at radius 2 is 1.72 bits per heavy atom. The number of hydrogen-bond acceptors (Lipinski definition) is 5. The van der Waals surface area contributed by atoms with E-state index in [1.165, 1.54) is 6.20 Å². The predicted molar refractivity (Wildman–Crippen MR) is 112 cm³/mol. The van der Waals surface area contributed by atoms with Gasteiger partial charge in [-0.3, -0.25) is 9.78 Å². The molecule has 29 heavy (non-hydrogen) atoms. The lowest BCUT2D eigenvalue weighted by atomic mass is 10.1. The molecular weight excluding hydrogens is 364 g/mol. The lowest BCUT2D eigenvalue weighted by Crippen LogP contribution is -2.21. The minimum atomic E-state index is -0.602. The molecule has 0 fully saturated rings.